The molecule has 0 spiro atoms. The summed E-state index contributed by atoms with van der Waals surface area (Å²) in [5.41, 5.74) is 0.928. The summed E-state index contributed by atoms with van der Waals surface area (Å²) < 4.78 is 9.67. The van der Waals surface area contributed by atoms with Gasteiger partial charge in [0, 0.05) is 11.3 Å². The summed E-state index contributed by atoms with van der Waals surface area (Å²) >= 11 is 11.9. The van der Waals surface area contributed by atoms with Crippen LogP contribution in [0.2, 0.25) is 10.0 Å². The Hall–Kier alpha value is -2.24. The third-order valence-corrected chi connectivity index (χ3v) is 3.67. The Balaban J connectivity index is 2.23. The van der Waals surface area contributed by atoms with Crippen LogP contribution in [0.3, 0.4) is 0 Å². The molecule has 0 saturated heterocycles. The summed E-state index contributed by atoms with van der Waals surface area (Å²) in [7, 11) is 2.74. The van der Waals surface area contributed by atoms with Crippen molar-refractivity contribution in [2.24, 2.45) is 0 Å². The number of rotatable bonds is 4. The Labute approximate surface area is 143 Å². The highest BCUT2D eigenvalue weighted by molar-refractivity contribution is 6.34. The molecular weight excluding hydrogens is 341 g/mol. The lowest BCUT2D eigenvalue weighted by Gasteiger charge is -2.09. The van der Waals surface area contributed by atoms with Crippen molar-refractivity contribution in [3.63, 3.8) is 0 Å². The first-order valence-corrected chi connectivity index (χ1v) is 7.24. The number of halogens is 2. The maximum Gasteiger partial charge on any atom is 0.339 e. The number of carbonyl (C=O) groups is 2. The van der Waals surface area contributed by atoms with Gasteiger partial charge in [-0.3, -0.25) is 4.79 Å². The second-order valence-corrected chi connectivity index (χ2v) is 5.30. The lowest BCUT2D eigenvalue weighted by Crippen LogP contribution is -2.13. The Bertz CT molecular complexity index is 762. The summed E-state index contributed by atoms with van der Waals surface area (Å²) in [5, 5.41) is 3.23. The van der Waals surface area contributed by atoms with E-state index in [0.717, 1.165) is 0 Å². The van der Waals surface area contributed by atoms with E-state index in [2.05, 4.69) is 10.1 Å². The summed E-state index contributed by atoms with van der Waals surface area (Å²) in [6.07, 6.45) is 0. The fourth-order valence-corrected chi connectivity index (χ4v) is 2.33. The molecular formula is C16H13Cl2NO4. The normalized spacial score (nSPS) is 10.1. The molecule has 2 aromatic rings. The minimum absolute atomic E-state index is 0.166. The Morgan fingerprint density at radius 2 is 1.74 bits per heavy atom. The van der Waals surface area contributed by atoms with Crippen molar-refractivity contribution in [2.75, 3.05) is 19.5 Å². The Morgan fingerprint density at radius 1 is 1.00 bits per heavy atom. The van der Waals surface area contributed by atoms with Crippen molar-refractivity contribution in [3.05, 3.63) is 57.6 Å². The summed E-state index contributed by atoms with van der Waals surface area (Å²) in [5.74, 6) is -0.492. The number of benzene rings is 2. The van der Waals surface area contributed by atoms with Gasteiger partial charge in [-0.2, -0.15) is 0 Å². The molecule has 0 radical (unpaired) electrons. The molecule has 0 fully saturated rings. The van der Waals surface area contributed by atoms with Crippen molar-refractivity contribution in [3.8, 4) is 5.75 Å². The Kier molecular flexibility index (Phi) is 5.47. The molecule has 2 rings (SSSR count). The van der Waals surface area contributed by atoms with E-state index in [4.69, 9.17) is 27.9 Å². The number of nitrogens with one attached hydrogen (secondary N) is 1. The standard InChI is InChI=1S/C16H13Cl2NO4/c1-22-14-6-3-9(7-13(14)18)15(20)19-10-4-5-12(17)11(8-10)16(21)23-2/h3-8H,1-2H3,(H,19,20). The molecule has 0 aliphatic rings. The molecule has 7 heteroatoms. The van der Waals surface area contributed by atoms with E-state index in [1.54, 1.807) is 18.2 Å². The molecule has 0 saturated carbocycles. The predicted molar refractivity (Wildman–Crippen MR) is 88.7 cm³/mol. The van der Waals surface area contributed by atoms with Gasteiger partial charge in [0.2, 0.25) is 0 Å². The van der Waals surface area contributed by atoms with E-state index >= 15 is 0 Å². The first-order chi connectivity index (χ1) is 11.0. The van der Waals surface area contributed by atoms with Gasteiger partial charge in [0.25, 0.3) is 5.91 Å². The van der Waals surface area contributed by atoms with E-state index in [1.807, 2.05) is 0 Å². The van der Waals surface area contributed by atoms with Crippen LogP contribution >= 0.6 is 23.2 Å². The third-order valence-electron chi connectivity index (χ3n) is 3.04. The van der Waals surface area contributed by atoms with Crippen LogP contribution in [0.25, 0.3) is 0 Å². The molecule has 0 heterocycles. The van der Waals surface area contributed by atoms with Crippen LogP contribution in [0.1, 0.15) is 20.7 Å². The highest BCUT2D eigenvalue weighted by atomic mass is 35.5. The molecule has 5 nitrogen and oxygen atoms in total. The lowest BCUT2D eigenvalue weighted by atomic mass is 10.1. The zero-order chi connectivity index (χ0) is 17.0. The maximum absolute atomic E-state index is 12.2. The molecule has 0 unspecified atom stereocenters. The second-order valence-electron chi connectivity index (χ2n) is 4.49. The summed E-state index contributed by atoms with van der Waals surface area (Å²) in [6, 6.07) is 9.20. The van der Waals surface area contributed by atoms with Crippen molar-refractivity contribution in [1.29, 1.82) is 0 Å². The van der Waals surface area contributed by atoms with Gasteiger partial charge in [0.1, 0.15) is 5.75 Å². The molecule has 1 amide bonds. The molecule has 0 aliphatic carbocycles. The van der Waals surface area contributed by atoms with Gasteiger partial charge < -0.3 is 14.8 Å². The van der Waals surface area contributed by atoms with Gasteiger partial charge in [-0.1, -0.05) is 23.2 Å². The molecule has 0 bridgehead atoms. The highest BCUT2D eigenvalue weighted by Gasteiger charge is 2.14. The number of carbonyl (C=O) groups excluding carboxylic acids is 2. The van der Waals surface area contributed by atoms with Crippen LogP contribution in [0.5, 0.6) is 5.75 Å². The largest absolute Gasteiger partial charge is 0.495 e. The smallest absolute Gasteiger partial charge is 0.339 e. The molecule has 0 atom stereocenters. The average molecular weight is 354 g/mol. The fraction of sp³-hybridized carbons (Fsp3) is 0.125. The molecule has 120 valence electrons. The third kappa shape index (κ3) is 3.94. The molecule has 0 aromatic heterocycles. The number of methoxy groups -OCH3 is 2. The van der Waals surface area contributed by atoms with E-state index in [9.17, 15) is 9.59 Å². The molecule has 2 aromatic carbocycles. The predicted octanol–water partition coefficient (Wildman–Crippen LogP) is 4.04. The van der Waals surface area contributed by atoms with Crippen molar-refractivity contribution in [1.82, 2.24) is 0 Å². The van der Waals surface area contributed by atoms with E-state index in [0.29, 0.717) is 22.0 Å². The quantitative estimate of drug-likeness (QED) is 0.842. The second kappa shape index (κ2) is 7.35. The molecule has 0 aliphatic heterocycles. The Morgan fingerprint density at radius 3 is 2.35 bits per heavy atom. The van der Waals surface area contributed by atoms with Crippen LogP contribution in [0.4, 0.5) is 5.69 Å². The zero-order valence-corrected chi connectivity index (χ0v) is 13.9. The van der Waals surface area contributed by atoms with Crippen LogP contribution < -0.4 is 10.1 Å². The fourth-order valence-electron chi connectivity index (χ4n) is 1.88. The van der Waals surface area contributed by atoms with E-state index in [-0.39, 0.29) is 16.5 Å². The highest BCUT2D eigenvalue weighted by Crippen LogP contribution is 2.26. The van der Waals surface area contributed by atoms with Gasteiger partial charge >= 0.3 is 5.97 Å². The van der Waals surface area contributed by atoms with Gasteiger partial charge in [-0.25, -0.2) is 4.79 Å². The van der Waals surface area contributed by atoms with Crippen LogP contribution in [0, 0.1) is 0 Å². The first kappa shape index (κ1) is 17.1. The number of hydrogen-bond donors (Lipinski definition) is 1. The van der Waals surface area contributed by atoms with Crippen molar-refractivity contribution < 1.29 is 19.1 Å². The van der Waals surface area contributed by atoms with E-state index in [1.165, 1.54) is 32.4 Å². The topological polar surface area (TPSA) is 64.6 Å². The maximum atomic E-state index is 12.2. The van der Waals surface area contributed by atoms with Crippen molar-refractivity contribution in [2.45, 2.75) is 0 Å². The summed E-state index contributed by atoms with van der Waals surface area (Å²) in [4.78, 5) is 23.8. The summed E-state index contributed by atoms with van der Waals surface area (Å²) in [6.45, 7) is 0. The van der Waals surface area contributed by atoms with Crippen LogP contribution in [-0.2, 0) is 4.74 Å². The number of amides is 1. The van der Waals surface area contributed by atoms with Crippen LogP contribution in [0.15, 0.2) is 36.4 Å². The van der Waals surface area contributed by atoms with Crippen LogP contribution in [-0.4, -0.2) is 26.1 Å². The lowest BCUT2D eigenvalue weighted by molar-refractivity contribution is 0.0600. The molecule has 1 N–H and O–H groups in total. The zero-order valence-electron chi connectivity index (χ0n) is 12.4. The van der Waals surface area contributed by atoms with Crippen molar-refractivity contribution >= 4 is 40.8 Å². The first-order valence-electron chi connectivity index (χ1n) is 6.49. The number of anilines is 1. The minimum atomic E-state index is -0.585. The SMILES string of the molecule is COC(=O)c1cc(NC(=O)c2ccc(OC)c(Cl)c2)ccc1Cl. The van der Waals surface area contributed by atoms with Gasteiger partial charge in [0.15, 0.2) is 0 Å². The molecule has 23 heavy (non-hydrogen) atoms. The number of ether oxygens (including phenoxy) is 2. The monoisotopic (exact) mass is 353 g/mol. The van der Waals surface area contributed by atoms with E-state index < -0.39 is 5.97 Å². The minimum Gasteiger partial charge on any atom is -0.495 e. The van der Waals surface area contributed by atoms with Gasteiger partial charge in [-0.05, 0) is 36.4 Å². The van der Waals surface area contributed by atoms with Gasteiger partial charge in [0.05, 0.1) is 29.8 Å². The number of esters is 1. The van der Waals surface area contributed by atoms with Gasteiger partial charge in [-0.15, -0.1) is 0 Å². The number of hydrogen-bond acceptors (Lipinski definition) is 4. The average Bonchev–Trinajstić information content (AvgIpc) is 2.55.